The topological polar surface area (TPSA) is 76.5 Å². The summed E-state index contributed by atoms with van der Waals surface area (Å²) >= 11 is 0. The molecule has 1 N–H and O–H groups in total. The lowest BCUT2D eigenvalue weighted by Gasteiger charge is -2.29. The van der Waals surface area contributed by atoms with Crippen molar-refractivity contribution in [3.63, 3.8) is 0 Å². The lowest BCUT2D eigenvalue weighted by molar-refractivity contribution is 0.0222. The molecule has 1 aliphatic rings. The van der Waals surface area contributed by atoms with Crippen LogP contribution in [-0.4, -0.2) is 38.8 Å². The van der Waals surface area contributed by atoms with E-state index in [1.807, 2.05) is 45.9 Å². The molecule has 1 aromatic heterocycles. The smallest absolute Gasteiger partial charge is 0.410 e. The molecule has 2 heterocycles. The highest BCUT2D eigenvalue weighted by molar-refractivity contribution is 6.05. The SMILES string of the molecule is Cc1cccc(C(C)C)c1NC(=O)c1c2c(nn1C)CCN(C(=O)OC(C)(C)C)C2. The van der Waals surface area contributed by atoms with E-state index in [0.717, 1.165) is 28.1 Å². The third-order valence-corrected chi connectivity index (χ3v) is 5.23. The maximum Gasteiger partial charge on any atom is 0.410 e. The second-order valence-electron chi connectivity index (χ2n) is 9.20. The van der Waals surface area contributed by atoms with Gasteiger partial charge in [-0.15, -0.1) is 0 Å². The Kier molecular flexibility index (Phi) is 5.92. The van der Waals surface area contributed by atoms with Crippen molar-refractivity contribution in [1.29, 1.82) is 0 Å². The van der Waals surface area contributed by atoms with Crippen LogP contribution in [-0.2, 0) is 24.8 Å². The van der Waals surface area contributed by atoms with Crippen LogP contribution in [0.3, 0.4) is 0 Å². The van der Waals surface area contributed by atoms with Crippen LogP contribution in [0.15, 0.2) is 18.2 Å². The van der Waals surface area contributed by atoms with Gasteiger partial charge in [0.25, 0.3) is 5.91 Å². The average Bonchev–Trinajstić information content (AvgIpc) is 2.96. The molecule has 0 radical (unpaired) electrons. The number of carbonyl (C=O) groups is 2. The fourth-order valence-electron chi connectivity index (χ4n) is 3.78. The van der Waals surface area contributed by atoms with Crippen molar-refractivity contribution in [1.82, 2.24) is 14.7 Å². The number of amides is 2. The van der Waals surface area contributed by atoms with Crippen LogP contribution < -0.4 is 5.32 Å². The van der Waals surface area contributed by atoms with Crippen molar-refractivity contribution in [3.8, 4) is 0 Å². The zero-order chi connectivity index (χ0) is 22.2. The van der Waals surface area contributed by atoms with Gasteiger partial charge in [0.05, 0.1) is 12.2 Å². The molecule has 7 nitrogen and oxygen atoms in total. The molecule has 2 aromatic rings. The summed E-state index contributed by atoms with van der Waals surface area (Å²) in [5, 5.41) is 7.64. The third-order valence-electron chi connectivity index (χ3n) is 5.23. The van der Waals surface area contributed by atoms with E-state index in [4.69, 9.17) is 4.74 Å². The van der Waals surface area contributed by atoms with Crippen LogP contribution in [0.5, 0.6) is 0 Å². The molecule has 0 atom stereocenters. The summed E-state index contributed by atoms with van der Waals surface area (Å²) in [6, 6.07) is 6.03. The third kappa shape index (κ3) is 4.50. The van der Waals surface area contributed by atoms with Crippen LogP contribution >= 0.6 is 0 Å². The first-order chi connectivity index (χ1) is 14.0. The van der Waals surface area contributed by atoms with Gasteiger partial charge in [0.1, 0.15) is 11.3 Å². The van der Waals surface area contributed by atoms with Gasteiger partial charge in [0, 0.05) is 31.3 Å². The fourth-order valence-corrected chi connectivity index (χ4v) is 3.78. The quantitative estimate of drug-likeness (QED) is 0.811. The zero-order valence-corrected chi connectivity index (χ0v) is 19.0. The molecule has 30 heavy (non-hydrogen) atoms. The predicted molar refractivity (Wildman–Crippen MR) is 117 cm³/mol. The van der Waals surface area contributed by atoms with Crippen molar-refractivity contribution in [2.75, 3.05) is 11.9 Å². The average molecular weight is 413 g/mol. The maximum atomic E-state index is 13.3. The molecular weight excluding hydrogens is 380 g/mol. The predicted octanol–water partition coefficient (Wildman–Crippen LogP) is 4.40. The Morgan fingerprint density at radius 2 is 1.93 bits per heavy atom. The number of rotatable bonds is 3. The normalized spacial score (nSPS) is 13.9. The molecule has 1 aromatic carbocycles. The van der Waals surface area contributed by atoms with E-state index in [9.17, 15) is 9.59 Å². The van der Waals surface area contributed by atoms with Crippen LogP contribution in [0.4, 0.5) is 10.5 Å². The fraction of sp³-hybridized carbons (Fsp3) is 0.522. The van der Waals surface area contributed by atoms with Crippen LogP contribution in [0.25, 0.3) is 0 Å². The van der Waals surface area contributed by atoms with Crippen LogP contribution in [0.2, 0.25) is 0 Å². The number of nitrogens with zero attached hydrogens (tertiary/aromatic N) is 3. The molecule has 0 aliphatic carbocycles. The highest BCUT2D eigenvalue weighted by Crippen LogP contribution is 2.29. The van der Waals surface area contributed by atoms with E-state index in [-0.39, 0.29) is 17.9 Å². The molecule has 0 spiro atoms. The van der Waals surface area contributed by atoms with Gasteiger partial charge >= 0.3 is 6.09 Å². The minimum absolute atomic E-state index is 0.214. The van der Waals surface area contributed by atoms with Gasteiger partial charge in [-0.2, -0.15) is 5.10 Å². The molecule has 0 bridgehead atoms. The van der Waals surface area contributed by atoms with E-state index in [1.165, 1.54) is 0 Å². The molecule has 1 aliphatic heterocycles. The first kappa shape index (κ1) is 21.9. The van der Waals surface area contributed by atoms with Gasteiger partial charge in [-0.05, 0) is 44.7 Å². The molecule has 3 rings (SSSR count). The number of nitrogens with one attached hydrogen (secondary N) is 1. The molecule has 0 saturated carbocycles. The van der Waals surface area contributed by atoms with Gasteiger partial charge < -0.3 is 15.0 Å². The number of aromatic nitrogens is 2. The number of hydrogen-bond donors (Lipinski definition) is 1. The van der Waals surface area contributed by atoms with Crippen molar-refractivity contribution in [2.24, 2.45) is 7.05 Å². The first-order valence-electron chi connectivity index (χ1n) is 10.4. The molecule has 0 fully saturated rings. The molecule has 0 saturated heterocycles. The standard InChI is InChI=1S/C23H32N4O3/c1-14(2)16-10-8-9-15(3)19(16)24-21(28)20-17-13-27(22(29)30-23(4,5)6)12-11-18(17)25-26(20)7/h8-10,14H,11-13H2,1-7H3,(H,24,28). The van der Waals surface area contributed by atoms with Crippen molar-refractivity contribution in [3.05, 3.63) is 46.3 Å². The second-order valence-corrected chi connectivity index (χ2v) is 9.20. The Labute approximate surface area is 178 Å². The van der Waals surface area contributed by atoms with Gasteiger partial charge in [-0.1, -0.05) is 32.0 Å². The monoisotopic (exact) mass is 412 g/mol. The summed E-state index contributed by atoms with van der Waals surface area (Å²) in [6.45, 7) is 12.6. The van der Waals surface area contributed by atoms with Gasteiger partial charge in [0.15, 0.2) is 0 Å². The summed E-state index contributed by atoms with van der Waals surface area (Å²) in [6.07, 6.45) is 0.224. The number of carbonyl (C=O) groups excluding carboxylic acids is 2. The summed E-state index contributed by atoms with van der Waals surface area (Å²) in [4.78, 5) is 27.5. The van der Waals surface area contributed by atoms with E-state index >= 15 is 0 Å². The maximum absolute atomic E-state index is 13.3. The lowest BCUT2D eigenvalue weighted by atomic mass is 9.98. The molecule has 2 amide bonds. The molecule has 0 unspecified atom stereocenters. The van der Waals surface area contributed by atoms with Crippen molar-refractivity contribution in [2.45, 2.75) is 66.0 Å². The minimum Gasteiger partial charge on any atom is -0.444 e. The number of ether oxygens (including phenoxy) is 1. The number of benzene rings is 1. The number of anilines is 1. The Balaban J connectivity index is 1.89. The Morgan fingerprint density at radius 1 is 1.23 bits per heavy atom. The van der Waals surface area contributed by atoms with Gasteiger partial charge in [0.2, 0.25) is 0 Å². The second kappa shape index (κ2) is 8.13. The van der Waals surface area contributed by atoms with Crippen molar-refractivity contribution < 1.29 is 14.3 Å². The molecule has 162 valence electrons. The van der Waals surface area contributed by atoms with Crippen LogP contribution in [0.1, 0.15) is 73.4 Å². The summed E-state index contributed by atoms with van der Waals surface area (Å²) < 4.78 is 7.13. The van der Waals surface area contributed by atoms with Crippen LogP contribution in [0, 0.1) is 6.92 Å². The summed E-state index contributed by atoms with van der Waals surface area (Å²) in [7, 11) is 1.77. The highest BCUT2D eigenvalue weighted by atomic mass is 16.6. The number of aryl methyl sites for hydroxylation is 2. The Bertz CT molecular complexity index is 970. The summed E-state index contributed by atoms with van der Waals surface area (Å²) in [5.74, 6) is 0.0665. The number of para-hydroxylation sites is 1. The Hall–Kier alpha value is -2.83. The van der Waals surface area contributed by atoms with Crippen molar-refractivity contribution >= 4 is 17.7 Å². The highest BCUT2D eigenvalue weighted by Gasteiger charge is 2.31. The summed E-state index contributed by atoms with van der Waals surface area (Å²) in [5.41, 5.74) is 4.51. The first-order valence-corrected chi connectivity index (χ1v) is 10.4. The number of fused-ring (bicyclic) bond motifs is 1. The lowest BCUT2D eigenvalue weighted by Crippen LogP contribution is -2.40. The zero-order valence-electron chi connectivity index (χ0n) is 19.0. The van der Waals surface area contributed by atoms with Gasteiger partial charge in [-0.3, -0.25) is 9.48 Å². The van der Waals surface area contributed by atoms with E-state index in [0.29, 0.717) is 25.2 Å². The Morgan fingerprint density at radius 3 is 2.57 bits per heavy atom. The van der Waals surface area contributed by atoms with E-state index in [1.54, 1.807) is 16.6 Å². The van der Waals surface area contributed by atoms with Gasteiger partial charge in [-0.25, -0.2) is 4.79 Å². The molecule has 7 heteroatoms. The van der Waals surface area contributed by atoms with E-state index in [2.05, 4.69) is 24.3 Å². The largest absolute Gasteiger partial charge is 0.444 e. The minimum atomic E-state index is -0.565. The number of hydrogen-bond acceptors (Lipinski definition) is 4. The van der Waals surface area contributed by atoms with E-state index < -0.39 is 5.60 Å². The molecular formula is C23H32N4O3.